The predicted molar refractivity (Wildman–Crippen MR) is 83.2 cm³/mol. The van der Waals surface area contributed by atoms with Gasteiger partial charge in [-0.3, -0.25) is 0 Å². The molecule has 0 amide bonds. The highest BCUT2D eigenvalue weighted by atomic mass is 35.5. The van der Waals surface area contributed by atoms with Gasteiger partial charge in [-0.1, -0.05) is 48.5 Å². The van der Waals surface area contributed by atoms with Crippen molar-refractivity contribution in [1.29, 1.82) is 0 Å². The molecular formula is C14H20Cl3NO. The Balaban J connectivity index is 0.00000180. The third kappa shape index (κ3) is 4.24. The Morgan fingerprint density at radius 2 is 1.79 bits per heavy atom. The van der Waals surface area contributed by atoms with Crippen LogP contribution in [-0.4, -0.2) is 11.2 Å². The molecular weight excluding hydrogens is 305 g/mol. The quantitative estimate of drug-likeness (QED) is 0.868. The lowest BCUT2D eigenvalue weighted by molar-refractivity contribution is 0.0618. The second-order valence-electron chi connectivity index (χ2n) is 5.08. The van der Waals surface area contributed by atoms with Gasteiger partial charge >= 0.3 is 0 Å². The van der Waals surface area contributed by atoms with E-state index in [9.17, 15) is 5.11 Å². The van der Waals surface area contributed by atoms with Gasteiger partial charge in [-0.05, 0) is 36.5 Å². The molecule has 0 aromatic heterocycles. The smallest absolute Gasteiger partial charge is 0.0761 e. The molecule has 0 aliphatic heterocycles. The fourth-order valence-corrected chi connectivity index (χ4v) is 3.26. The van der Waals surface area contributed by atoms with Gasteiger partial charge in [0, 0.05) is 10.0 Å². The molecule has 2 nitrogen and oxygen atoms in total. The lowest BCUT2D eigenvalue weighted by Gasteiger charge is -2.31. The van der Waals surface area contributed by atoms with Crippen LogP contribution in [0.3, 0.4) is 0 Å². The zero-order valence-corrected chi connectivity index (χ0v) is 13.0. The predicted octanol–water partition coefficient (Wildman–Crippen LogP) is 4.36. The molecule has 0 unspecified atom stereocenters. The standard InChI is InChI=1S/C14H19Cl2NO.ClH/c15-10-6-7-11(12(16)8-10)13(17)14(18)9-4-2-1-3-5-9;/h6-9,13-14,18H,1-5,17H2;1H/t13-,14+;/m0./s1. The van der Waals surface area contributed by atoms with Crippen molar-refractivity contribution < 1.29 is 5.11 Å². The fourth-order valence-electron chi connectivity index (χ4n) is 2.72. The number of nitrogens with two attached hydrogens (primary N) is 1. The van der Waals surface area contributed by atoms with E-state index in [0.717, 1.165) is 18.4 Å². The van der Waals surface area contributed by atoms with Crippen LogP contribution in [0, 0.1) is 5.92 Å². The summed E-state index contributed by atoms with van der Waals surface area (Å²) in [4.78, 5) is 0. The first-order chi connectivity index (χ1) is 8.59. The zero-order chi connectivity index (χ0) is 13.1. The number of halogens is 3. The van der Waals surface area contributed by atoms with Crippen LogP contribution in [0.15, 0.2) is 18.2 Å². The summed E-state index contributed by atoms with van der Waals surface area (Å²) in [5, 5.41) is 11.5. The van der Waals surface area contributed by atoms with Crippen LogP contribution in [-0.2, 0) is 0 Å². The molecule has 0 bridgehead atoms. The highest BCUT2D eigenvalue weighted by molar-refractivity contribution is 6.35. The third-order valence-electron chi connectivity index (χ3n) is 3.82. The summed E-state index contributed by atoms with van der Waals surface area (Å²) in [6.45, 7) is 0. The van der Waals surface area contributed by atoms with Crippen molar-refractivity contribution in [3.63, 3.8) is 0 Å². The molecule has 1 aliphatic rings. The number of rotatable bonds is 3. The highest BCUT2D eigenvalue weighted by Crippen LogP contribution is 2.34. The van der Waals surface area contributed by atoms with Gasteiger partial charge in [-0.25, -0.2) is 0 Å². The summed E-state index contributed by atoms with van der Waals surface area (Å²) >= 11 is 12.0. The van der Waals surface area contributed by atoms with Crippen molar-refractivity contribution >= 4 is 35.6 Å². The first-order valence-corrected chi connectivity index (χ1v) is 7.24. The number of aliphatic hydroxyl groups excluding tert-OH is 1. The monoisotopic (exact) mass is 323 g/mol. The molecule has 108 valence electrons. The molecule has 1 aliphatic carbocycles. The van der Waals surface area contributed by atoms with Crippen LogP contribution in [0.2, 0.25) is 10.0 Å². The summed E-state index contributed by atoms with van der Waals surface area (Å²) in [6.07, 6.45) is 5.22. The van der Waals surface area contributed by atoms with Gasteiger partial charge in [0.25, 0.3) is 0 Å². The van der Waals surface area contributed by atoms with Crippen LogP contribution in [0.5, 0.6) is 0 Å². The Morgan fingerprint density at radius 1 is 1.16 bits per heavy atom. The van der Waals surface area contributed by atoms with Crippen molar-refractivity contribution in [2.75, 3.05) is 0 Å². The van der Waals surface area contributed by atoms with Crippen LogP contribution in [0.4, 0.5) is 0 Å². The minimum atomic E-state index is -0.524. The third-order valence-corrected chi connectivity index (χ3v) is 4.38. The molecule has 2 atom stereocenters. The van der Waals surface area contributed by atoms with Crippen molar-refractivity contribution in [2.24, 2.45) is 11.7 Å². The van der Waals surface area contributed by atoms with E-state index in [1.54, 1.807) is 18.2 Å². The minimum Gasteiger partial charge on any atom is -0.391 e. The van der Waals surface area contributed by atoms with E-state index in [1.807, 2.05) is 0 Å². The van der Waals surface area contributed by atoms with E-state index < -0.39 is 12.1 Å². The maximum Gasteiger partial charge on any atom is 0.0761 e. The summed E-state index contributed by atoms with van der Waals surface area (Å²) < 4.78 is 0. The van der Waals surface area contributed by atoms with E-state index in [4.69, 9.17) is 28.9 Å². The molecule has 1 fully saturated rings. The van der Waals surface area contributed by atoms with Crippen LogP contribution < -0.4 is 5.73 Å². The van der Waals surface area contributed by atoms with Crippen molar-refractivity contribution in [3.8, 4) is 0 Å². The van der Waals surface area contributed by atoms with Crippen molar-refractivity contribution in [2.45, 2.75) is 44.2 Å². The minimum absolute atomic E-state index is 0. The maximum absolute atomic E-state index is 10.4. The normalized spacial score (nSPS) is 19.6. The van der Waals surface area contributed by atoms with E-state index >= 15 is 0 Å². The Bertz CT molecular complexity index is 408. The molecule has 19 heavy (non-hydrogen) atoms. The average molecular weight is 325 g/mol. The lowest BCUT2D eigenvalue weighted by atomic mass is 9.81. The van der Waals surface area contributed by atoms with Gasteiger partial charge in [0.15, 0.2) is 0 Å². The molecule has 2 rings (SSSR count). The van der Waals surface area contributed by atoms with Gasteiger partial charge in [0.2, 0.25) is 0 Å². The summed E-state index contributed by atoms with van der Waals surface area (Å²) in [6, 6.07) is 4.81. The van der Waals surface area contributed by atoms with E-state index in [-0.39, 0.29) is 12.4 Å². The molecule has 0 saturated heterocycles. The Hall–Kier alpha value is 0.01000. The van der Waals surface area contributed by atoms with E-state index in [1.165, 1.54) is 19.3 Å². The molecule has 1 saturated carbocycles. The Kier molecular flexibility index (Phi) is 6.92. The van der Waals surface area contributed by atoms with Crippen molar-refractivity contribution in [3.05, 3.63) is 33.8 Å². The average Bonchev–Trinajstić information content (AvgIpc) is 2.38. The fraction of sp³-hybridized carbons (Fsp3) is 0.571. The molecule has 0 spiro atoms. The summed E-state index contributed by atoms with van der Waals surface area (Å²) in [7, 11) is 0. The van der Waals surface area contributed by atoms with Gasteiger partial charge in [-0.15, -0.1) is 12.4 Å². The topological polar surface area (TPSA) is 46.2 Å². The number of benzene rings is 1. The van der Waals surface area contributed by atoms with Gasteiger partial charge < -0.3 is 10.8 Å². The lowest BCUT2D eigenvalue weighted by Crippen LogP contribution is -2.34. The molecule has 1 aromatic rings. The first kappa shape index (κ1) is 17.1. The molecule has 5 heteroatoms. The van der Waals surface area contributed by atoms with E-state index in [0.29, 0.717) is 16.0 Å². The van der Waals surface area contributed by atoms with Crippen molar-refractivity contribution in [1.82, 2.24) is 0 Å². The zero-order valence-electron chi connectivity index (χ0n) is 10.7. The van der Waals surface area contributed by atoms with Gasteiger partial charge in [-0.2, -0.15) is 0 Å². The molecule has 0 radical (unpaired) electrons. The SMILES string of the molecule is Cl.N[C@@H](c1ccc(Cl)cc1Cl)[C@H](O)C1CCCCC1. The second-order valence-corrected chi connectivity index (χ2v) is 5.92. The number of hydrogen-bond acceptors (Lipinski definition) is 2. The summed E-state index contributed by atoms with van der Waals surface area (Å²) in [5.74, 6) is 0.292. The number of aliphatic hydroxyl groups is 1. The van der Waals surface area contributed by atoms with Gasteiger partial charge in [0.1, 0.15) is 0 Å². The van der Waals surface area contributed by atoms with Crippen LogP contribution >= 0.6 is 35.6 Å². The number of hydrogen-bond donors (Lipinski definition) is 2. The Labute approximate surface area is 130 Å². The molecule has 1 aromatic carbocycles. The van der Waals surface area contributed by atoms with Crippen LogP contribution in [0.1, 0.15) is 43.7 Å². The van der Waals surface area contributed by atoms with Gasteiger partial charge in [0.05, 0.1) is 12.1 Å². The largest absolute Gasteiger partial charge is 0.391 e. The Morgan fingerprint density at radius 3 is 2.37 bits per heavy atom. The second kappa shape index (κ2) is 7.70. The highest BCUT2D eigenvalue weighted by Gasteiger charge is 2.28. The molecule has 3 N–H and O–H groups in total. The maximum atomic E-state index is 10.4. The molecule has 0 heterocycles. The van der Waals surface area contributed by atoms with E-state index in [2.05, 4.69) is 0 Å². The summed E-state index contributed by atoms with van der Waals surface area (Å²) in [5.41, 5.74) is 6.92. The first-order valence-electron chi connectivity index (χ1n) is 6.48. The van der Waals surface area contributed by atoms with Crippen LogP contribution in [0.25, 0.3) is 0 Å².